The van der Waals surface area contributed by atoms with E-state index in [1.807, 2.05) is 12.1 Å². The molecule has 2 aromatic heterocycles. The molecule has 0 atom stereocenters. The van der Waals surface area contributed by atoms with Crippen LogP contribution in [0.3, 0.4) is 0 Å². The van der Waals surface area contributed by atoms with Crippen LogP contribution >= 0.6 is 11.6 Å². The van der Waals surface area contributed by atoms with E-state index in [1.165, 1.54) is 0 Å². The highest BCUT2D eigenvalue weighted by molar-refractivity contribution is 6.29. The molecule has 0 aromatic carbocycles. The van der Waals surface area contributed by atoms with Gasteiger partial charge in [0, 0.05) is 37.2 Å². The van der Waals surface area contributed by atoms with Gasteiger partial charge in [-0.05, 0) is 31.0 Å². The molecule has 0 unspecified atom stereocenters. The topological polar surface area (TPSA) is 59.9 Å². The van der Waals surface area contributed by atoms with Crippen molar-refractivity contribution in [3.05, 3.63) is 35.7 Å². The minimum absolute atomic E-state index is 0.375. The van der Waals surface area contributed by atoms with Crippen LogP contribution in [0.2, 0.25) is 5.15 Å². The van der Waals surface area contributed by atoms with Crippen LogP contribution in [-0.2, 0) is 4.74 Å². The van der Waals surface area contributed by atoms with Crippen LogP contribution in [0, 0.1) is 0 Å². The number of rotatable bonds is 3. The maximum absolute atomic E-state index is 5.91. The molecular formula is C14H15ClN4O. The van der Waals surface area contributed by atoms with Crippen molar-refractivity contribution in [2.75, 3.05) is 18.5 Å². The second kappa shape index (κ2) is 6.15. The number of halogens is 1. The summed E-state index contributed by atoms with van der Waals surface area (Å²) in [5, 5.41) is 3.81. The summed E-state index contributed by atoms with van der Waals surface area (Å²) < 4.78 is 5.34. The monoisotopic (exact) mass is 290 g/mol. The van der Waals surface area contributed by atoms with E-state index in [-0.39, 0.29) is 0 Å². The van der Waals surface area contributed by atoms with E-state index < -0.39 is 0 Å². The quantitative estimate of drug-likeness (QED) is 0.881. The molecule has 0 amide bonds. The van der Waals surface area contributed by atoms with Crippen molar-refractivity contribution in [3.8, 4) is 11.3 Å². The summed E-state index contributed by atoms with van der Waals surface area (Å²) in [5.74, 6) is 0.641. The highest BCUT2D eigenvalue weighted by Gasteiger charge is 2.14. The zero-order valence-electron chi connectivity index (χ0n) is 10.9. The van der Waals surface area contributed by atoms with Gasteiger partial charge in [0.2, 0.25) is 5.95 Å². The van der Waals surface area contributed by atoms with Gasteiger partial charge >= 0.3 is 0 Å². The summed E-state index contributed by atoms with van der Waals surface area (Å²) in [6, 6.07) is 5.91. The number of hydrogen-bond acceptors (Lipinski definition) is 5. The number of ether oxygens (including phenoxy) is 1. The number of hydrogen-bond donors (Lipinski definition) is 1. The van der Waals surface area contributed by atoms with Gasteiger partial charge < -0.3 is 10.1 Å². The number of nitrogens with zero attached hydrogens (tertiary/aromatic N) is 3. The maximum Gasteiger partial charge on any atom is 0.223 e. The fourth-order valence-corrected chi connectivity index (χ4v) is 2.35. The third-order valence-electron chi connectivity index (χ3n) is 3.23. The van der Waals surface area contributed by atoms with Crippen molar-refractivity contribution in [3.63, 3.8) is 0 Å². The third-order valence-corrected chi connectivity index (χ3v) is 3.44. The Morgan fingerprint density at radius 3 is 2.75 bits per heavy atom. The summed E-state index contributed by atoms with van der Waals surface area (Å²) in [4.78, 5) is 12.8. The lowest BCUT2D eigenvalue weighted by molar-refractivity contribution is 0.0903. The second-order valence-electron chi connectivity index (χ2n) is 4.66. The van der Waals surface area contributed by atoms with Gasteiger partial charge in [0.05, 0.1) is 5.69 Å². The summed E-state index contributed by atoms with van der Waals surface area (Å²) >= 11 is 5.91. The van der Waals surface area contributed by atoms with Crippen molar-refractivity contribution in [2.24, 2.45) is 0 Å². The lowest BCUT2D eigenvalue weighted by Crippen LogP contribution is -2.28. The highest BCUT2D eigenvalue weighted by Crippen LogP contribution is 2.20. The summed E-state index contributed by atoms with van der Waals surface area (Å²) in [7, 11) is 0. The lowest BCUT2D eigenvalue weighted by atomic mass is 10.1. The van der Waals surface area contributed by atoms with E-state index in [9.17, 15) is 0 Å². The normalized spacial score (nSPS) is 16.1. The van der Waals surface area contributed by atoms with Crippen LogP contribution in [0.25, 0.3) is 11.3 Å². The Morgan fingerprint density at radius 1 is 1.15 bits per heavy atom. The average Bonchev–Trinajstić information content (AvgIpc) is 2.49. The predicted octanol–water partition coefficient (Wildman–Crippen LogP) is 2.78. The fraction of sp³-hybridized carbons (Fsp3) is 0.357. The van der Waals surface area contributed by atoms with Crippen molar-refractivity contribution in [1.82, 2.24) is 15.0 Å². The molecule has 0 bridgehead atoms. The Labute approximate surface area is 122 Å². The molecule has 2 aromatic rings. The molecule has 1 fully saturated rings. The zero-order valence-corrected chi connectivity index (χ0v) is 11.7. The van der Waals surface area contributed by atoms with E-state index in [4.69, 9.17) is 16.3 Å². The average molecular weight is 291 g/mol. The maximum atomic E-state index is 5.91. The second-order valence-corrected chi connectivity index (χ2v) is 5.05. The van der Waals surface area contributed by atoms with Crippen LogP contribution in [0.15, 0.2) is 30.6 Å². The minimum atomic E-state index is 0.375. The Bertz CT molecular complexity index is 587. The van der Waals surface area contributed by atoms with Gasteiger partial charge in [0.25, 0.3) is 0 Å². The molecule has 1 aliphatic rings. The number of anilines is 1. The third kappa shape index (κ3) is 3.23. The van der Waals surface area contributed by atoms with Crippen LogP contribution in [0.4, 0.5) is 5.95 Å². The SMILES string of the molecule is Clc1cc(-c2ccnc(NC3CCOCC3)n2)ccn1. The van der Waals surface area contributed by atoms with E-state index in [0.717, 1.165) is 37.3 Å². The van der Waals surface area contributed by atoms with E-state index in [0.29, 0.717) is 17.1 Å². The molecule has 3 heterocycles. The van der Waals surface area contributed by atoms with Crippen LogP contribution < -0.4 is 5.32 Å². The Morgan fingerprint density at radius 2 is 1.95 bits per heavy atom. The van der Waals surface area contributed by atoms with Gasteiger partial charge in [-0.1, -0.05) is 11.6 Å². The number of pyridine rings is 1. The van der Waals surface area contributed by atoms with Gasteiger partial charge in [-0.2, -0.15) is 0 Å². The lowest BCUT2D eigenvalue weighted by Gasteiger charge is -2.23. The molecule has 0 aliphatic carbocycles. The standard InChI is InChI=1S/C14H15ClN4O/c15-13-9-10(1-5-16-13)12-2-6-17-14(19-12)18-11-3-7-20-8-4-11/h1-2,5-6,9,11H,3-4,7-8H2,(H,17,18,19). The smallest absolute Gasteiger partial charge is 0.223 e. The molecule has 6 heteroatoms. The first-order valence-electron chi connectivity index (χ1n) is 6.60. The van der Waals surface area contributed by atoms with E-state index in [2.05, 4.69) is 20.3 Å². The van der Waals surface area contributed by atoms with Crippen molar-refractivity contribution in [1.29, 1.82) is 0 Å². The Balaban J connectivity index is 1.78. The molecule has 5 nitrogen and oxygen atoms in total. The fourth-order valence-electron chi connectivity index (χ4n) is 2.18. The van der Waals surface area contributed by atoms with Gasteiger partial charge in [-0.3, -0.25) is 0 Å². The molecule has 1 saturated heterocycles. The summed E-state index contributed by atoms with van der Waals surface area (Å²) in [6.45, 7) is 1.58. The first kappa shape index (κ1) is 13.3. The largest absolute Gasteiger partial charge is 0.381 e. The van der Waals surface area contributed by atoms with Crippen molar-refractivity contribution >= 4 is 17.5 Å². The molecule has 1 aliphatic heterocycles. The Hall–Kier alpha value is -1.72. The van der Waals surface area contributed by atoms with E-state index in [1.54, 1.807) is 18.5 Å². The summed E-state index contributed by atoms with van der Waals surface area (Å²) in [5.41, 5.74) is 1.77. The predicted molar refractivity (Wildman–Crippen MR) is 77.7 cm³/mol. The van der Waals surface area contributed by atoms with Crippen LogP contribution in [0.1, 0.15) is 12.8 Å². The van der Waals surface area contributed by atoms with Crippen molar-refractivity contribution < 1.29 is 4.74 Å². The first-order valence-corrected chi connectivity index (χ1v) is 6.98. The van der Waals surface area contributed by atoms with Crippen molar-refractivity contribution in [2.45, 2.75) is 18.9 Å². The molecule has 0 radical (unpaired) electrons. The van der Waals surface area contributed by atoms with Gasteiger partial charge in [-0.15, -0.1) is 0 Å². The van der Waals surface area contributed by atoms with Gasteiger partial charge in [0.15, 0.2) is 0 Å². The van der Waals surface area contributed by atoms with Crippen LogP contribution in [-0.4, -0.2) is 34.2 Å². The number of nitrogens with one attached hydrogen (secondary N) is 1. The minimum Gasteiger partial charge on any atom is -0.381 e. The first-order chi connectivity index (χ1) is 9.81. The Kier molecular flexibility index (Phi) is 4.08. The molecule has 3 rings (SSSR count). The van der Waals surface area contributed by atoms with Gasteiger partial charge in [-0.25, -0.2) is 15.0 Å². The molecule has 1 N–H and O–H groups in total. The number of aromatic nitrogens is 3. The van der Waals surface area contributed by atoms with Gasteiger partial charge in [0.1, 0.15) is 5.15 Å². The molecule has 0 spiro atoms. The van der Waals surface area contributed by atoms with Crippen LogP contribution in [0.5, 0.6) is 0 Å². The molecule has 0 saturated carbocycles. The molecular weight excluding hydrogens is 276 g/mol. The molecule has 104 valence electrons. The molecule has 20 heavy (non-hydrogen) atoms. The summed E-state index contributed by atoms with van der Waals surface area (Å²) in [6.07, 6.45) is 5.38. The van der Waals surface area contributed by atoms with E-state index >= 15 is 0 Å². The zero-order chi connectivity index (χ0) is 13.8. The highest BCUT2D eigenvalue weighted by atomic mass is 35.5.